The largest absolute Gasteiger partial charge is 0.449 e. The van der Waals surface area contributed by atoms with E-state index in [4.69, 9.17) is 9.26 Å². The predicted molar refractivity (Wildman–Crippen MR) is 50.1 cm³/mol. The second kappa shape index (κ2) is 4.41. The van der Waals surface area contributed by atoms with Crippen LogP contribution in [0.3, 0.4) is 0 Å². The number of piperidine rings is 1. The molecule has 1 atom stereocenters. The monoisotopic (exact) mass is 197 g/mol. The molecule has 0 saturated carbocycles. The summed E-state index contributed by atoms with van der Waals surface area (Å²) in [7, 11) is 0. The average molecular weight is 197 g/mol. The Labute approximate surface area is 82.8 Å². The summed E-state index contributed by atoms with van der Waals surface area (Å²) < 4.78 is 10.0. The molecule has 2 heterocycles. The van der Waals surface area contributed by atoms with Crippen molar-refractivity contribution in [3.05, 3.63) is 5.82 Å². The molecule has 1 fully saturated rings. The zero-order chi connectivity index (χ0) is 9.80. The first-order valence-corrected chi connectivity index (χ1v) is 5.10. The van der Waals surface area contributed by atoms with E-state index in [0.717, 1.165) is 13.0 Å². The Morgan fingerprint density at radius 2 is 2.50 bits per heavy atom. The van der Waals surface area contributed by atoms with E-state index in [1.807, 2.05) is 6.92 Å². The molecule has 1 aliphatic heterocycles. The summed E-state index contributed by atoms with van der Waals surface area (Å²) in [5, 5.41) is 7.24. The molecule has 1 aromatic heterocycles. The van der Waals surface area contributed by atoms with Gasteiger partial charge in [-0.25, -0.2) is 0 Å². The number of hydrogen-bond donors (Lipinski definition) is 1. The topological polar surface area (TPSA) is 60.2 Å². The second-order valence-electron chi connectivity index (χ2n) is 3.35. The highest BCUT2D eigenvalue weighted by atomic mass is 16.6. The van der Waals surface area contributed by atoms with Crippen LogP contribution >= 0.6 is 0 Å². The Morgan fingerprint density at radius 1 is 1.57 bits per heavy atom. The second-order valence-corrected chi connectivity index (χ2v) is 3.35. The van der Waals surface area contributed by atoms with Crippen molar-refractivity contribution < 1.29 is 9.26 Å². The minimum absolute atomic E-state index is 0.238. The van der Waals surface area contributed by atoms with Gasteiger partial charge in [0.05, 0.1) is 12.6 Å². The lowest BCUT2D eigenvalue weighted by atomic mass is 10.0. The van der Waals surface area contributed by atoms with Gasteiger partial charge in [-0.15, -0.1) is 0 Å². The zero-order valence-electron chi connectivity index (χ0n) is 8.32. The Morgan fingerprint density at radius 3 is 3.21 bits per heavy atom. The van der Waals surface area contributed by atoms with Gasteiger partial charge in [0, 0.05) is 0 Å². The van der Waals surface area contributed by atoms with Crippen LogP contribution in [0.4, 0.5) is 0 Å². The van der Waals surface area contributed by atoms with Gasteiger partial charge in [0.1, 0.15) is 0 Å². The number of nitrogens with one attached hydrogen (secondary N) is 1. The van der Waals surface area contributed by atoms with Crippen molar-refractivity contribution in [1.29, 1.82) is 0 Å². The highest BCUT2D eigenvalue weighted by molar-refractivity contribution is 4.97. The first-order chi connectivity index (χ1) is 6.90. The van der Waals surface area contributed by atoms with Crippen LogP contribution < -0.4 is 10.1 Å². The molecule has 1 unspecified atom stereocenters. The molecule has 2 rings (SSSR count). The fraction of sp³-hybridized carbons (Fsp3) is 0.778. The zero-order valence-corrected chi connectivity index (χ0v) is 8.32. The minimum Gasteiger partial charge on any atom is -0.449 e. The van der Waals surface area contributed by atoms with E-state index >= 15 is 0 Å². The van der Waals surface area contributed by atoms with E-state index in [0.29, 0.717) is 12.4 Å². The molecular formula is C9H15N3O2. The molecule has 1 N–H and O–H groups in total. The van der Waals surface area contributed by atoms with Gasteiger partial charge in [-0.05, 0) is 26.3 Å². The van der Waals surface area contributed by atoms with Crippen LogP contribution in [0, 0.1) is 0 Å². The molecule has 0 radical (unpaired) electrons. The predicted octanol–water partition coefficient (Wildman–Crippen LogP) is 1.28. The summed E-state index contributed by atoms with van der Waals surface area (Å²) in [6.07, 6.45) is 3.79. The summed E-state index contributed by atoms with van der Waals surface area (Å²) in [5.41, 5.74) is 0. The number of rotatable bonds is 3. The molecule has 78 valence electrons. The minimum atomic E-state index is 0.238. The molecule has 0 aliphatic carbocycles. The Bertz CT molecular complexity index is 281. The van der Waals surface area contributed by atoms with E-state index < -0.39 is 0 Å². The maximum Gasteiger partial charge on any atom is 0.417 e. The molecule has 1 saturated heterocycles. The lowest BCUT2D eigenvalue weighted by molar-refractivity contribution is 0.214. The smallest absolute Gasteiger partial charge is 0.417 e. The van der Waals surface area contributed by atoms with Crippen LogP contribution in [-0.4, -0.2) is 23.3 Å². The molecule has 0 amide bonds. The maximum atomic E-state index is 5.11. The molecule has 14 heavy (non-hydrogen) atoms. The summed E-state index contributed by atoms with van der Waals surface area (Å²) in [6, 6.07) is 0.238. The van der Waals surface area contributed by atoms with Crippen LogP contribution in [0.1, 0.15) is 38.1 Å². The van der Waals surface area contributed by atoms with Gasteiger partial charge >= 0.3 is 6.08 Å². The first-order valence-electron chi connectivity index (χ1n) is 5.10. The highest BCUT2D eigenvalue weighted by Gasteiger charge is 2.20. The first kappa shape index (κ1) is 9.45. The van der Waals surface area contributed by atoms with E-state index in [1.165, 1.54) is 12.8 Å². The van der Waals surface area contributed by atoms with Crippen molar-refractivity contribution >= 4 is 0 Å². The van der Waals surface area contributed by atoms with Crippen LogP contribution in [0.25, 0.3) is 0 Å². The summed E-state index contributed by atoms with van der Waals surface area (Å²) in [6.45, 7) is 3.48. The van der Waals surface area contributed by atoms with Gasteiger partial charge in [-0.2, -0.15) is 4.98 Å². The van der Waals surface area contributed by atoms with E-state index in [2.05, 4.69) is 15.5 Å². The molecule has 1 aliphatic rings. The normalized spacial score (nSPS) is 22.2. The molecule has 0 aromatic carbocycles. The van der Waals surface area contributed by atoms with Gasteiger partial charge in [-0.3, -0.25) is 4.52 Å². The maximum absolute atomic E-state index is 5.11. The van der Waals surface area contributed by atoms with E-state index in [-0.39, 0.29) is 12.1 Å². The Hall–Kier alpha value is -1.10. The van der Waals surface area contributed by atoms with Crippen molar-refractivity contribution in [1.82, 2.24) is 15.5 Å². The number of aromatic nitrogens is 2. The molecule has 1 aromatic rings. The van der Waals surface area contributed by atoms with Crippen LogP contribution in [0.5, 0.6) is 6.08 Å². The van der Waals surface area contributed by atoms with Gasteiger partial charge in [-0.1, -0.05) is 11.6 Å². The van der Waals surface area contributed by atoms with Crippen LogP contribution in [0.15, 0.2) is 4.52 Å². The van der Waals surface area contributed by atoms with Gasteiger partial charge < -0.3 is 10.1 Å². The number of nitrogens with zero attached hydrogens (tertiary/aromatic N) is 2. The Balaban J connectivity index is 2.00. The molecular weight excluding hydrogens is 182 g/mol. The fourth-order valence-corrected chi connectivity index (χ4v) is 1.62. The molecule has 5 nitrogen and oxygen atoms in total. The van der Waals surface area contributed by atoms with Crippen molar-refractivity contribution in [3.8, 4) is 6.08 Å². The third-order valence-corrected chi connectivity index (χ3v) is 2.31. The van der Waals surface area contributed by atoms with E-state index in [9.17, 15) is 0 Å². The van der Waals surface area contributed by atoms with Gasteiger partial charge in [0.2, 0.25) is 0 Å². The summed E-state index contributed by atoms with van der Waals surface area (Å²) in [4.78, 5) is 4.16. The third kappa shape index (κ3) is 2.04. The molecule has 0 spiro atoms. The molecule has 0 bridgehead atoms. The van der Waals surface area contributed by atoms with Crippen molar-refractivity contribution in [2.75, 3.05) is 13.2 Å². The van der Waals surface area contributed by atoms with Gasteiger partial charge in [0.15, 0.2) is 5.82 Å². The van der Waals surface area contributed by atoms with Crippen molar-refractivity contribution in [2.24, 2.45) is 0 Å². The number of ether oxygens (including phenoxy) is 1. The average Bonchev–Trinajstić information content (AvgIpc) is 2.68. The van der Waals surface area contributed by atoms with Crippen LogP contribution in [-0.2, 0) is 0 Å². The van der Waals surface area contributed by atoms with Gasteiger partial charge in [0.25, 0.3) is 0 Å². The lowest BCUT2D eigenvalue weighted by Gasteiger charge is -2.19. The fourth-order valence-electron chi connectivity index (χ4n) is 1.62. The third-order valence-electron chi connectivity index (χ3n) is 2.31. The standard InChI is InChI=1S/C9H15N3O2/c1-2-13-9-11-8(12-14-9)7-5-3-4-6-10-7/h7,10H,2-6H2,1H3. The molecule has 5 heteroatoms. The lowest BCUT2D eigenvalue weighted by Crippen LogP contribution is -2.27. The quantitative estimate of drug-likeness (QED) is 0.791. The van der Waals surface area contributed by atoms with E-state index in [1.54, 1.807) is 0 Å². The summed E-state index contributed by atoms with van der Waals surface area (Å²) in [5.74, 6) is 0.716. The highest BCUT2D eigenvalue weighted by Crippen LogP contribution is 2.21. The Kier molecular flexibility index (Phi) is 2.98. The SMILES string of the molecule is CCOc1nc(C2CCCCN2)no1. The van der Waals surface area contributed by atoms with Crippen molar-refractivity contribution in [2.45, 2.75) is 32.2 Å². The summed E-state index contributed by atoms with van der Waals surface area (Å²) >= 11 is 0. The van der Waals surface area contributed by atoms with Crippen LogP contribution in [0.2, 0.25) is 0 Å². The van der Waals surface area contributed by atoms with Crippen molar-refractivity contribution in [3.63, 3.8) is 0 Å². The number of hydrogen-bond acceptors (Lipinski definition) is 5.